The van der Waals surface area contributed by atoms with Crippen LogP contribution in [0.1, 0.15) is 12.5 Å². The number of anilines is 1. The molecule has 0 aliphatic heterocycles. The lowest BCUT2D eigenvalue weighted by Crippen LogP contribution is -2.22. The molecule has 82 valence electrons. The van der Waals surface area contributed by atoms with E-state index in [-0.39, 0.29) is 5.56 Å². The summed E-state index contributed by atoms with van der Waals surface area (Å²) < 4.78 is 2.03. The van der Waals surface area contributed by atoms with Crippen molar-refractivity contribution >= 4 is 33.2 Å². The molecule has 0 bridgehead atoms. The summed E-state index contributed by atoms with van der Waals surface area (Å²) in [5, 5.41) is 0. The number of aromatic nitrogens is 1. The Labute approximate surface area is 102 Å². The summed E-state index contributed by atoms with van der Waals surface area (Å²) in [5.41, 5.74) is 9.37. The van der Waals surface area contributed by atoms with Gasteiger partial charge in [-0.25, -0.2) is 0 Å². The number of allylic oxidation sites excluding steroid dienone is 1. The minimum absolute atomic E-state index is 0.0976. The lowest BCUT2D eigenvalue weighted by molar-refractivity contribution is 0.743. The van der Waals surface area contributed by atoms with Crippen molar-refractivity contribution in [3.05, 3.63) is 37.7 Å². The van der Waals surface area contributed by atoms with Crippen LogP contribution < -0.4 is 11.3 Å². The lowest BCUT2D eigenvalue weighted by atomic mass is 10.2. The highest BCUT2D eigenvalue weighted by molar-refractivity contribution is 9.10. The van der Waals surface area contributed by atoms with Crippen molar-refractivity contribution in [2.45, 2.75) is 20.4 Å². The van der Waals surface area contributed by atoms with Gasteiger partial charge in [0.25, 0.3) is 5.56 Å². The summed E-state index contributed by atoms with van der Waals surface area (Å²) in [6.07, 6.45) is 1.63. The number of halogens is 2. The molecule has 0 amide bonds. The van der Waals surface area contributed by atoms with Crippen molar-refractivity contribution < 1.29 is 0 Å². The van der Waals surface area contributed by atoms with E-state index in [0.717, 1.165) is 11.1 Å². The number of nitrogens with two attached hydrogens (primary N) is 1. The van der Waals surface area contributed by atoms with Gasteiger partial charge in [0.1, 0.15) is 0 Å². The number of rotatable bonds is 2. The van der Waals surface area contributed by atoms with Gasteiger partial charge in [0.05, 0.1) is 10.2 Å². The molecule has 0 aliphatic rings. The van der Waals surface area contributed by atoms with E-state index in [9.17, 15) is 4.79 Å². The predicted octanol–water partition coefficient (Wildman–Crippen LogP) is 2.64. The highest BCUT2D eigenvalue weighted by atomic mass is 79.9. The topological polar surface area (TPSA) is 48.0 Å². The number of nitrogen functional groups attached to an aromatic ring is 1. The highest BCUT2D eigenvalue weighted by Crippen LogP contribution is 2.17. The minimum Gasteiger partial charge on any atom is -0.397 e. The molecule has 0 aromatic carbocycles. The predicted molar refractivity (Wildman–Crippen MR) is 67.2 cm³/mol. The maximum absolute atomic E-state index is 11.8. The SMILES string of the molecule is C/C(=C\Cl)Cn1cc(N)c(C)c(Br)c1=O. The van der Waals surface area contributed by atoms with E-state index in [1.807, 2.05) is 6.92 Å². The molecule has 0 aliphatic carbocycles. The Bertz CT molecular complexity index is 465. The second-order valence-electron chi connectivity index (χ2n) is 3.41. The number of hydrogen-bond acceptors (Lipinski definition) is 2. The van der Waals surface area contributed by atoms with Crippen molar-refractivity contribution in [2.24, 2.45) is 0 Å². The minimum atomic E-state index is -0.0976. The molecule has 0 spiro atoms. The van der Waals surface area contributed by atoms with E-state index in [0.29, 0.717) is 16.7 Å². The Hall–Kier alpha value is -0.740. The van der Waals surface area contributed by atoms with Crippen LogP contribution in [0.2, 0.25) is 0 Å². The van der Waals surface area contributed by atoms with Crippen LogP contribution in [0.15, 0.2) is 26.6 Å². The van der Waals surface area contributed by atoms with Gasteiger partial charge in [-0.05, 0) is 40.9 Å². The molecule has 15 heavy (non-hydrogen) atoms. The molecular weight excluding hydrogens is 279 g/mol. The third kappa shape index (κ3) is 2.63. The molecule has 0 saturated heterocycles. The average molecular weight is 292 g/mol. The number of pyridine rings is 1. The maximum Gasteiger partial charge on any atom is 0.265 e. The van der Waals surface area contributed by atoms with Crippen LogP contribution in [0.25, 0.3) is 0 Å². The summed E-state index contributed by atoms with van der Waals surface area (Å²) in [7, 11) is 0. The average Bonchev–Trinajstić information content (AvgIpc) is 2.22. The number of hydrogen-bond donors (Lipinski definition) is 1. The van der Waals surface area contributed by atoms with E-state index in [2.05, 4.69) is 15.9 Å². The first-order valence-corrected chi connectivity index (χ1v) is 5.61. The fourth-order valence-electron chi connectivity index (χ4n) is 1.16. The van der Waals surface area contributed by atoms with Crippen molar-refractivity contribution in [1.29, 1.82) is 0 Å². The zero-order valence-electron chi connectivity index (χ0n) is 8.55. The third-order valence-corrected chi connectivity index (χ3v) is 3.42. The Morgan fingerprint density at radius 3 is 2.87 bits per heavy atom. The smallest absolute Gasteiger partial charge is 0.265 e. The summed E-state index contributed by atoms with van der Waals surface area (Å²) in [6.45, 7) is 4.10. The molecule has 3 nitrogen and oxygen atoms in total. The van der Waals surface area contributed by atoms with Crippen LogP contribution in [0.4, 0.5) is 5.69 Å². The molecule has 1 heterocycles. The van der Waals surface area contributed by atoms with Gasteiger partial charge >= 0.3 is 0 Å². The van der Waals surface area contributed by atoms with E-state index >= 15 is 0 Å². The quantitative estimate of drug-likeness (QED) is 0.910. The molecule has 1 aromatic rings. The van der Waals surface area contributed by atoms with Crippen molar-refractivity contribution in [3.8, 4) is 0 Å². The molecule has 0 atom stereocenters. The van der Waals surface area contributed by atoms with Crippen LogP contribution in [0.3, 0.4) is 0 Å². The monoisotopic (exact) mass is 290 g/mol. The van der Waals surface area contributed by atoms with E-state index in [1.54, 1.807) is 13.1 Å². The molecule has 1 aromatic heterocycles. The maximum atomic E-state index is 11.8. The molecule has 0 saturated carbocycles. The first-order chi connectivity index (χ1) is 6.97. The summed E-state index contributed by atoms with van der Waals surface area (Å²) >= 11 is 8.77. The second kappa shape index (κ2) is 4.86. The standard InChI is InChI=1S/C10H12BrClN2O/c1-6(3-12)4-14-5-8(13)7(2)9(11)10(14)15/h3,5H,4,13H2,1-2H3/b6-3+. The van der Waals surface area contributed by atoms with Crippen molar-refractivity contribution in [3.63, 3.8) is 0 Å². The first kappa shape index (κ1) is 12.3. The lowest BCUT2D eigenvalue weighted by Gasteiger charge is -2.10. The zero-order valence-corrected chi connectivity index (χ0v) is 10.9. The third-order valence-electron chi connectivity index (χ3n) is 2.11. The van der Waals surface area contributed by atoms with E-state index in [4.69, 9.17) is 17.3 Å². The van der Waals surface area contributed by atoms with Gasteiger partial charge in [-0.3, -0.25) is 4.79 Å². The summed E-state index contributed by atoms with van der Waals surface area (Å²) in [6, 6.07) is 0. The molecule has 5 heteroatoms. The highest BCUT2D eigenvalue weighted by Gasteiger charge is 2.08. The van der Waals surface area contributed by atoms with Gasteiger partial charge in [-0.15, -0.1) is 0 Å². The van der Waals surface area contributed by atoms with Gasteiger partial charge in [0.2, 0.25) is 0 Å². The van der Waals surface area contributed by atoms with Crippen LogP contribution in [0, 0.1) is 6.92 Å². The van der Waals surface area contributed by atoms with Crippen LogP contribution >= 0.6 is 27.5 Å². The molecule has 2 N–H and O–H groups in total. The largest absolute Gasteiger partial charge is 0.397 e. The van der Waals surface area contributed by atoms with Gasteiger partial charge in [-0.2, -0.15) is 0 Å². The fourth-order valence-corrected chi connectivity index (χ4v) is 1.68. The molecule has 0 radical (unpaired) electrons. The Balaban J connectivity index is 3.27. The van der Waals surface area contributed by atoms with Crippen LogP contribution in [0.5, 0.6) is 0 Å². The van der Waals surface area contributed by atoms with Gasteiger partial charge in [-0.1, -0.05) is 11.6 Å². The normalized spacial score (nSPS) is 11.9. The van der Waals surface area contributed by atoms with E-state index in [1.165, 1.54) is 10.1 Å². The van der Waals surface area contributed by atoms with Crippen LogP contribution in [-0.2, 0) is 6.54 Å². The molecule has 0 unspecified atom stereocenters. The first-order valence-electron chi connectivity index (χ1n) is 4.38. The number of nitrogens with zero attached hydrogens (tertiary/aromatic N) is 1. The summed E-state index contributed by atoms with van der Waals surface area (Å²) in [4.78, 5) is 11.8. The van der Waals surface area contributed by atoms with E-state index < -0.39 is 0 Å². The Morgan fingerprint density at radius 2 is 2.33 bits per heavy atom. The fraction of sp³-hybridized carbons (Fsp3) is 0.300. The summed E-state index contributed by atoms with van der Waals surface area (Å²) in [5.74, 6) is 0. The molecular formula is C10H12BrClN2O. The van der Waals surface area contributed by atoms with Gasteiger partial charge in [0.15, 0.2) is 0 Å². The van der Waals surface area contributed by atoms with Gasteiger partial charge in [0, 0.05) is 18.3 Å². The van der Waals surface area contributed by atoms with Crippen molar-refractivity contribution in [2.75, 3.05) is 5.73 Å². The second-order valence-corrected chi connectivity index (χ2v) is 4.42. The molecule has 1 rings (SSSR count). The Kier molecular flexibility index (Phi) is 3.99. The van der Waals surface area contributed by atoms with Crippen LogP contribution in [-0.4, -0.2) is 4.57 Å². The molecule has 0 fully saturated rings. The van der Waals surface area contributed by atoms with Gasteiger partial charge < -0.3 is 10.3 Å². The van der Waals surface area contributed by atoms with Crippen molar-refractivity contribution in [1.82, 2.24) is 4.57 Å². The Morgan fingerprint density at radius 1 is 1.73 bits per heavy atom. The zero-order chi connectivity index (χ0) is 11.6.